The van der Waals surface area contributed by atoms with E-state index in [1.807, 2.05) is 0 Å². The Morgan fingerprint density at radius 1 is 1.28 bits per heavy atom. The van der Waals surface area contributed by atoms with Crippen LogP contribution in [-0.4, -0.2) is 18.1 Å². The average Bonchev–Trinajstić information content (AvgIpc) is 3.21. The van der Waals surface area contributed by atoms with Gasteiger partial charge in [-0.15, -0.1) is 0 Å². The third kappa shape index (κ3) is 2.37. The fourth-order valence-corrected chi connectivity index (χ4v) is 4.77. The lowest BCUT2D eigenvalue weighted by Crippen LogP contribution is -2.20. The summed E-state index contributed by atoms with van der Waals surface area (Å²) in [6.45, 7) is 0.791. The lowest BCUT2D eigenvalue weighted by molar-refractivity contribution is 0.632. The summed E-state index contributed by atoms with van der Waals surface area (Å²) in [7, 11) is 0. The summed E-state index contributed by atoms with van der Waals surface area (Å²) in [4.78, 5) is 0. The maximum Gasteiger partial charge on any atom is 0.0213 e. The molecule has 0 amide bonds. The van der Waals surface area contributed by atoms with Crippen molar-refractivity contribution in [3.63, 3.8) is 0 Å². The first-order valence-corrected chi connectivity index (χ1v) is 8.78. The molecule has 0 spiro atoms. The van der Waals surface area contributed by atoms with Crippen molar-refractivity contribution < 1.29 is 0 Å². The van der Waals surface area contributed by atoms with E-state index in [9.17, 15) is 0 Å². The normalized spacial score (nSPS) is 23.0. The maximum atomic E-state index is 5.91. The minimum atomic E-state index is 0.309. The standard InChI is InChI=1S/C15H20BrNS/c16-14-9-12(15(10-17)5-6-15)1-2-13(14)11-3-7-18-8-4-11/h1-2,9,11H,3-8,10,17H2. The van der Waals surface area contributed by atoms with Gasteiger partial charge in [0.1, 0.15) is 0 Å². The van der Waals surface area contributed by atoms with Gasteiger partial charge in [-0.25, -0.2) is 0 Å². The van der Waals surface area contributed by atoms with E-state index in [1.54, 1.807) is 0 Å². The van der Waals surface area contributed by atoms with Crippen LogP contribution < -0.4 is 5.73 Å². The number of rotatable bonds is 3. The smallest absolute Gasteiger partial charge is 0.0213 e. The van der Waals surface area contributed by atoms with Crippen LogP contribution in [0.1, 0.15) is 42.7 Å². The third-order valence-electron chi connectivity index (χ3n) is 4.52. The highest BCUT2D eigenvalue weighted by atomic mass is 79.9. The highest BCUT2D eigenvalue weighted by molar-refractivity contribution is 9.10. The quantitative estimate of drug-likeness (QED) is 0.907. The van der Waals surface area contributed by atoms with E-state index in [1.165, 1.54) is 52.8 Å². The second-order valence-electron chi connectivity index (χ2n) is 5.61. The lowest BCUT2D eigenvalue weighted by Gasteiger charge is -2.24. The number of hydrogen-bond donors (Lipinski definition) is 1. The number of halogens is 1. The molecule has 1 aliphatic carbocycles. The van der Waals surface area contributed by atoms with Crippen LogP contribution in [0.25, 0.3) is 0 Å². The summed E-state index contributed by atoms with van der Waals surface area (Å²) in [5, 5.41) is 0. The first kappa shape index (κ1) is 13.0. The molecule has 0 radical (unpaired) electrons. The molecule has 18 heavy (non-hydrogen) atoms. The second-order valence-corrected chi connectivity index (χ2v) is 7.69. The average molecular weight is 326 g/mol. The number of nitrogens with two attached hydrogens (primary N) is 1. The summed E-state index contributed by atoms with van der Waals surface area (Å²) in [5.41, 5.74) is 9.16. The van der Waals surface area contributed by atoms with Gasteiger partial charge in [0.2, 0.25) is 0 Å². The molecule has 1 heterocycles. The first-order chi connectivity index (χ1) is 8.75. The number of hydrogen-bond acceptors (Lipinski definition) is 2. The fourth-order valence-electron chi connectivity index (χ4n) is 2.96. The Bertz CT molecular complexity index is 436. The molecule has 2 fully saturated rings. The van der Waals surface area contributed by atoms with Crippen molar-refractivity contribution in [3.05, 3.63) is 33.8 Å². The molecule has 1 aromatic carbocycles. The Hall–Kier alpha value is 0.01000. The molecule has 1 nitrogen and oxygen atoms in total. The molecule has 3 heteroatoms. The first-order valence-electron chi connectivity index (χ1n) is 6.83. The van der Waals surface area contributed by atoms with Crippen molar-refractivity contribution in [2.24, 2.45) is 5.73 Å². The van der Waals surface area contributed by atoms with Gasteiger partial charge >= 0.3 is 0 Å². The van der Waals surface area contributed by atoms with Crippen molar-refractivity contribution in [1.82, 2.24) is 0 Å². The van der Waals surface area contributed by atoms with E-state index in [4.69, 9.17) is 5.73 Å². The van der Waals surface area contributed by atoms with Gasteiger partial charge in [-0.1, -0.05) is 28.1 Å². The molecule has 0 bridgehead atoms. The zero-order chi connectivity index (χ0) is 12.6. The lowest BCUT2D eigenvalue weighted by atomic mass is 9.89. The Kier molecular flexibility index (Phi) is 3.75. The SMILES string of the molecule is NCC1(c2ccc(C3CCSCC3)c(Br)c2)CC1. The zero-order valence-electron chi connectivity index (χ0n) is 10.6. The third-order valence-corrected chi connectivity index (χ3v) is 6.25. The van der Waals surface area contributed by atoms with Crippen LogP contribution in [0.15, 0.2) is 22.7 Å². The van der Waals surface area contributed by atoms with E-state index in [0.29, 0.717) is 5.41 Å². The molecule has 0 atom stereocenters. The van der Waals surface area contributed by atoms with Crippen LogP contribution in [0.4, 0.5) is 0 Å². The summed E-state index contributed by atoms with van der Waals surface area (Å²) in [5.74, 6) is 3.37. The monoisotopic (exact) mass is 325 g/mol. The summed E-state index contributed by atoms with van der Waals surface area (Å²) in [6, 6.07) is 6.99. The van der Waals surface area contributed by atoms with E-state index in [2.05, 4.69) is 45.9 Å². The highest BCUT2D eigenvalue weighted by Gasteiger charge is 2.43. The topological polar surface area (TPSA) is 26.0 Å². The van der Waals surface area contributed by atoms with Gasteiger partial charge in [-0.3, -0.25) is 0 Å². The van der Waals surface area contributed by atoms with E-state index < -0.39 is 0 Å². The van der Waals surface area contributed by atoms with Crippen LogP contribution in [0.3, 0.4) is 0 Å². The molecule has 1 saturated carbocycles. The van der Waals surface area contributed by atoms with Crippen molar-refractivity contribution in [3.8, 4) is 0 Å². The second kappa shape index (κ2) is 5.18. The molecule has 2 aliphatic rings. The van der Waals surface area contributed by atoms with E-state index >= 15 is 0 Å². The minimum absolute atomic E-state index is 0.309. The number of thioether (sulfide) groups is 1. The fraction of sp³-hybridized carbons (Fsp3) is 0.600. The molecular formula is C15H20BrNS. The molecule has 98 valence electrons. The molecule has 1 saturated heterocycles. The van der Waals surface area contributed by atoms with Gasteiger partial charge in [0, 0.05) is 16.4 Å². The van der Waals surface area contributed by atoms with Crippen LogP contribution in [0.2, 0.25) is 0 Å². The molecule has 2 N–H and O–H groups in total. The van der Waals surface area contributed by atoms with E-state index in [0.717, 1.165) is 12.5 Å². The van der Waals surface area contributed by atoms with Crippen LogP contribution in [0, 0.1) is 0 Å². The summed E-state index contributed by atoms with van der Waals surface area (Å²) >= 11 is 5.87. The van der Waals surface area contributed by atoms with Gasteiger partial charge in [-0.05, 0) is 60.3 Å². The van der Waals surface area contributed by atoms with Gasteiger partial charge in [0.15, 0.2) is 0 Å². The Morgan fingerprint density at radius 3 is 2.56 bits per heavy atom. The van der Waals surface area contributed by atoms with Crippen molar-refractivity contribution >= 4 is 27.7 Å². The Balaban J connectivity index is 1.84. The molecular weight excluding hydrogens is 306 g/mol. The van der Waals surface area contributed by atoms with Gasteiger partial charge in [0.25, 0.3) is 0 Å². The predicted octanol–water partition coefficient (Wildman–Crippen LogP) is 4.05. The maximum absolute atomic E-state index is 5.91. The minimum Gasteiger partial charge on any atom is -0.330 e. The highest BCUT2D eigenvalue weighted by Crippen LogP contribution is 2.48. The van der Waals surface area contributed by atoms with Gasteiger partial charge in [0.05, 0.1) is 0 Å². The zero-order valence-corrected chi connectivity index (χ0v) is 13.0. The van der Waals surface area contributed by atoms with Gasteiger partial charge < -0.3 is 5.73 Å². The number of benzene rings is 1. The van der Waals surface area contributed by atoms with Crippen molar-refractivity contribution in [1.29, 1.82) is 0 Å². The molecule has 0 unspecified atom stereocenters. The van der Waals surface area contributed by atoms with Crippen molar-refractivity contribution in [2.45, 2.75) is 37.0 Å². The van der Waals surface area contributed by atoms with Crippen molar-refractivity contribution in [2.75, 3.05) is 18.1 Å². The predicted molar refractivity (Wildman–Crippen MR) is 83.4 cm³/mol. The molecule has 3 rings (SSSR count). The molecule has 1 aliphatic heterocycles. The Morgan fingerprint density at radius 2 is 2.00 bits per heavy atom. The molecule has 1 aromatic rings. The van der Waals surface area contributed by atoms with Crippen LogP contribution in [0.5, 0.6) is 0 Å². The van der Waals surface area contributed by atoms with Gasteiger partial charge in [-0.2, -0.15) is 11.8 Å². The summed E-state index contributed by atoms with van der Waals surface area (Å²) in [6.07, 6.45) is 5.17. The van der Waals surface area contributed by atoms with Crippen LogP contribution >= 0.6 is 27.7 Å². The summed E-state index contributed by atoms with van der Waals surface area (Å²) < 4.78 is 1.30. The molecule has 0 aromatic heterocycles. The Labute approximate surface area is 122 Å². The largest absolute Gasteiger partial charge is 0.330 e. The van der Waals surface area contributed by atoms with Crippen LogP contribution in [-0.2, 0) is 5.41 Å². The van der Waals surface area contributed by atoms with E-state index in [-0.39, 0.29) is 0 Å².